The van der Waals surface area contributed by atoms with Gasteiger partial charge in [0.05, 0.1) is 11.0 Å². The molecule has 0 saturated carbocycles. The molecule has 0 aliphatic carbocycles. The maximum atomic E-state index is 5.80. The normalized spacial score (nSPS) is 10.7. The van der Waals surface area contributed by atoms with Crippen LogP contribution in [0.4, 0.5) is 5.69 Å². The van der Waals surface area contributed by atoms with Crippen LogP contribution in [0.5, 0.6) is 11.8 Å². The average molecular weight is 260 g/mol. The lowest BCUT2D eigenvalue weighted by Crippen LogP contribution is -1.85. The van der Waals surface area contributed by atoms with Crippen molar-refractivity contribution in [3.05, 3.63) is 47.5 Å². The molecule has 0 unspecified atom stereocenters. The summed E-state index contributed by atoms with van der Waals surface area (Å²) in [6, 6.07) is 13.0. The Kier molecular flexibility index (Phi) is 2.57. The summed E-state index contributed by atoms with van der Waals surface area (Å²) in [6.45, 7) is 0. The van der Waals surface area contributed by atoms with Crippen LogP contribution in [0.1, 0.15) is 0 Å². The van der Waals surface area contributed by atoms with Gasteiger partial charge in [-0.1, -0.05) is 11.6 Å². The summed E-state index contributed by atoms with van der Waals surface area (Å²) < 4.78 is 5.59. The monoisotopic (exact) mass is 259 g/mol. The van der Waals surface area contributed by atoms with Crippen molar-refractivity contribution in [3.63, 3.8) is 0 Å². The molecule has 1 heterocycles. The predicted molar refractivity (Wildman–Crippen MR) is 72.0 cm³/mol. The lowest BCUT2D eigenvalue weighted by Gasteiger charge is -2.00. The molecule has 18 heavy (non-hydrogen) atoms. The smallest absolute Gasteiger partial charge is 0.300 e. The summed E-state index contributed by atoms with van der Waals surface area (Å²) in [4.78, 5) is 7.36. The number of nitrogens with one attached hydrogen (secondary N) is 1. The first-order valence-electron chi connectivity index (χ1n) is 5.39. The lowest BCUT2D eigenvalue weighted by atomic mass is 10.3. The Balaban J connectivity index is 1.92. The number of anilines is 1. The molecule has 0 saturated heterocycles. The Hall–Kier alpha value is -2.20. The first-order chi connectivity index (χ1) is 8.70. The van der Waals surface area contributed by atoms with E-state index in [0.717, 1.165) is 11.0 Å². The number of H-pyrrole nitrogens is 1. The molecule has 5 heteroatoms. The minimum Gasteiger partial charge on any atom is -0.426 e. The highest BCUT2D eigenvalue weighted by molar-refractivity contribution is 6.30. The highest BCUT2D eigenvalue weighted by atomic mass is 35.5. The summed E-state index contributed by atoms with van der Waals surface area (Å²) in [5.41, 5.74) is 8.04. The van der Waals surface area contributed by atoms with Gasteiger partial charge in [0.2, 0.25) is 0 Å². The van der Waals surface area contributed by atoms with Crippen LogP contribution < -0.4 is 10.5 Å². The zero-order chi connectivity index (χ0) is 12.5. The highest BCUT2D eigenvalue weighted by Gasteiger charge is 2.05. The van der Waals surface area contributed by atoms with Crippen LogP contribution in [0.25, 0.3) is 11.0 Å². The van der Waals surface area contributed by atoms with E-state index in [4.69, 9.17) is 22.1 Å². The van der Waals surface area contributed by atoms with Crippen molar-refractivity contribution < 1.29 is 4.74 Å². The number of nitrogen functional groups attached to an aromatic ring is 1. The number of halogens is 1. The standard InChI is InChI=1S/C13H10ClN3O/c14-8-1-4-10(5-2-8)18-13-16-11-6-3-9(15)7-12(11)17-13/h1-7H,15H2,(H,16,17). The summed E-state index contributed by atoms with van der Waals surface area (Å²) in [5.74, 6) is 0.673. The summed E-state index contributed by atoms with van der Waals surface area (Å²) >= 11 is 5.80. The number of nitrogens with zero attached hydrogens (tertiary/aromatic N) is 1. The number of fused-ring (bicyclic) bond motifs is 1. The molecule has 2 aromatic carbocycles. The second-order valence-electron chi connectivity index (χ2n) is 3.87. The summed E-state index contributed by atoms with van der Waals surface area (Å²) in [6.07, 6.45) is 0. The molecular formula is C13H10ClN3O. The number of hydrogen-bond acceptors (Lipinski definition) is 3. The zero-order valence-corrected chi connectivity index (χ0v) is 10.1. The average Bonchev–Trinajstić information content (AvgIpc) is 2.73. The second-order valence-corrected chi connectivity index (χ2v) is 4.31. The largest absolute Gasteiger partial charge is 0.426 e. The van der Waals surface area contributed by atoms with Crippen molar-refractivity contribution in [2.45, 2.75) is 0 Å². The maximum Gasteiger partial charge on any atom is 0.300 e. The van der Waals surface area contributed by atoms with E-state index in [2.05, 4.69) is 9.97 Å². The van der Waals surface area contributed by atoms with Gasteiger partial charge in [-0.3, -0.25) is 0 Å². The molecule has 0 bridgehead atoms. The van der Waals surface area contributed by atoms with Crippen LogP contribution in [0.3, 0.4) is 0 Å². The van der Waals surface area contributed by atoms with Gasteiger partial charge in [-0.2, -0.15) is 4.98 Å². The topological polar surface area (TPSA) is 63.9 Å². The number of hydrogen-bond donors (Lipinski definition) is 2. The van der Waals surface area contributed by atoms with Crippen LogP contribution in [0, 0.1) is 0 Å². The molecule has 3 aromatic rings. The van der Waals surface area contributed by atoms with Gasteiger partial charge in [0.1, 0.15) is 5.75 Å². The number of imidazole rings is 1. The molecule has 0 amide bonds. The van der Waals surface area contributed by atoms with Crippen LogP contribution in [-0.2, 0) is 0 Å². The van der Waals surface area contributed by atoms with Crippen LogP contribution in [0.15, 0.2) is 42.5 Å². The number of rotatable bonds is 2. The van der Waals surface area contributed by atoms with Crippen molar-refractivity contribution in [3.8, 4) is 11.8 Å². The predicted octanol–water partition coefficient (Wildman–Crippen LogP) is 3.59. The summed E-state index contributed by atoms with van der Waals surface area (Å²) in [5, 5.41) is 0.666. The van der Waals surface area contributed by atoms with E-state index in [1.807, 2.05) is 12.1 Å². The Bertz CT molecular complexity index is 691. The molecule has 90 valence electrons. The van der Waals surface area contributed by atoms with Crippen molar-refractivity contribution in [1.29, 1.82) is 0 Å². The minimum atomic E-state index is 0.429. The third-order valence-corrected chi connectivity index (χ3v) is 2.76. The van der Waals surface area contributed by atoms with Gasteiger partial charge >= 0.3 is 0 Å². The third kappa shape index (κ3) is 2.10. The SMILES string of the molecule is Nc1ccc2nc(Oc3ccc(Cl)cc3)[nH]c2c1. The number of nitrogens with two attached hydrogens (primary N) is 1. The van der Waals surface area contributed by atoms with E-state index in [1.54, 1.807) is 30.3 Å². The summed E-state index contributed by atoms with van der Waals surface area (Å²) in [7, 11) is 0. The van der Waals surface area contributed by atoms with E-state index >= 15 is 0 Å². The fraction of sp³-hybridized carbons (Fsp3) is 0. The van der Waals surface area contributed by atoms with E-state index in [-0.39, 0.29) is 0 Å². The fourth-order valence-corrected chi connectivity index (χ4v) is 1.79. The maximum absolute atomic E-state index is 5.80. The Morgan fingerprint density at radius 1 is 1.11 bits per heavy atom. The Morgan fingerprint density at radius 2 is 1.89 bits per heavy atom. The van der Waals surface area contributed by atoms with Gasteiger partial charge < -0.3 is 15.5 Å². The number of aromatic nitrogens is 2. The Labute approximate surface area is 108 Å². The minimum absolute atomic E-state index is 0.429. The second kappa shape index (κ2) is 4.23. The van der Waals surface area contributed by atoms with E-state index < -0.39 is 0 Å². The van der Waals surface area contributed by atoms with Crippen molar-refractivity contribution in [1.82, 2.24) is 9.97 Å². The van der Waals surface area contributed by atoms with Crippen molar-refractivity contribution in [2.75, 3.05) is 5.73 Å². The first kappa shape index (κ1) is 10.9. The molecule has 0 aliphatic rings. The van der Waals surface area contributed by atoms with Gasteiger partial charge in [0.25, 0.3) is 6.01 Å². The van der Waals surface area contributed by atoms with Crippen molar-refractivity contribution >= 4 is 28.3 Å². The van der Waals surface area contributed by atoms with E-state index in [1.165, 1.54) is 0 Å². The van der Waals surface area contributed by atoms with Gasteiger partial charge in [0, 0.05) is 10.7 Å². The van der Waals surface area contributed by atoms with Crippen LogP contribution in [0.2, 0.25) is 5.02 Å². The third-order valence-electron chi connectivity index (χ3n) is 2.51. The van der Waals surface area contributed by atoms with E-state index in [0.29, 0.717) is 22.5 Å². The molecule has 0 radical (unpaired) electrons. The highest BCUT2D eigenvalue weighted by Crippen LogP contribution is 2.24. The molecule has 0 fully saturated rings. The molecular weight excluding hydrogens is 250 g/mol. The molecule has 3 N–H and O–H groups in total. The molecule has 3 rings (SSSR count). The van der Waals surface area contributed by atoms with Crippen LogP contribution >= 0.6 is 11.6 Å². The number of aromatic amines is 1. The van der Waals surface area contributed by atoms with Crippen LogP contribution in [-0.4, -0.2) is 9.97 Å². The van der Waals surface area contributed by atoms with Gasteiger partial charge in [-0.05, 0) is 42.5 Å². The van der Waals surface area contributed by atoms with Gasteiger partial charge in [0.15, 0.2) is 0 Å². The molecule has 4 nitrogen and oxygen atoms in total. The van der Waals surface area contributed by atoms with Gasteiger partial charge in [-0.25, -0.2) is 0 Å². The molecule has 0 aliphatic heterocycles. The fourth-order valence-electron chi connectivity index (χ4n) is 1.67. The number of ether oxygens (including phenoxy) is 1. The number of benzene rings is 2. The first-order valence-corrected chi connectivity index (χ1v) is 5.77. The molecule has 0 atom stereocenters. The van der Waals surface area contributed by atoms with Gasteiger partial charge in [-0.15, -0.1) is 0 Å². The van der Waals surface area contributed by atoms with E-state index in [9.17, 15) is 0 Å². The molecule has 1 aromatic heterocycles. The lowest BCUT2D eigenvalue weighted by molar-refractivity contribution is 0.449. The zero-order valence-electron chi connectivity index (χ0n) is 9.35. The van der Waals surface area contributed by atoms with Crippen molar-refractivity contribution in [2.24, 2.45) is 0 Å². The molecule has 0 spiro atoms. The Morgan fingerprint density at radius 3 is 2.67 bits per heavy atom. The quantitative estimate of drug-likeness (QED) is 0.691.